The van der Waals surface area contributed by atoms with Crippen LogP contribution in [0.4, 0.5) is 0 Å². The highest BCUT2D eigenvalue weighted by atomic mass is 16.2. The van der Waals surface area contributed by atoms with Gasteiger partial charge in [-0.05, 0) is 38.8 Å². The summed E-state index contributed by atoms with van der Waals surface area (Å²) in [6.45, 7) is 4.85. The Labute approximate surface area is 156 Å². The van der Waals surface area contributed by atoms with E-state index in [0.29, 0.717) is 30.2 Å². The van der Waals surface area contributed by atoms with Crippen LogP contribution < -0.4 is 5.56 Å². The molecule has 3 aromatic rings. The van der Waals surface area contributed by atoms with Crippen LogP contribution >= 0.6 is 0 Å². The summed E-state index contributed by atoms with van der Waals surface area (Å²) in [5, 5.41) is 0. The Morgan fingerprint density at radius 1 is 1.22 bits per heavy atom. The number of imidazole rings is 1. The molecule has 7 heteroatoms. The lowest BCUT2D eigenvalue weighted by Crippen LogP contribution is -2.41. The van der Waals surface area contributed by atoms with E-state index in [9.17, 15) is 9.59 Å². The minimum absolute atomic E-state index is 0.0323. The third-order valence-corrected chi connectivity index (χ3v) is 5.24. The molecule has 1 saturated heterocycles. The summed E-state index contributed by atoms with van der Waals surface area (Å²) < 4.78 is 0. The van der Waals surface area contributed by atoms with Crippen molar-refractivity contribution in [1.29, 1.82) is 0 Å². The first kappa shape index (κ1) is 17.5. The Balaban J connectivity index is 1.51. The number of para-hydroxylation sites is 2. The Hall–Kier alpha value is -2.96. The molecule has 2 N–H and O–H groups in total. The minimum atomic E-state index is -0.223. The van der Waals surface area contributed by atoms with Crippen molar-refractivity contribution in [2.45, 2.75) is 39.0 Å². The van der Waals surface area contributed by atoms with E-state index in [1.165, 1.54) is 0 Å². The molecule has 7 nitrogen and oxygen atoms in total. The van der Waals surface area contributed by atoms with Gasteiger partial charge < -0.3 is 14.9 Å². The normalized spacial score (nSPS) is 17.4. The third-order valence-electron chi connectivity index (χ3n) is 5.24. The molecule has 140 valence electrons. The van der Waals surface area contributed by atoms with E-state index in [-0.39, 0.29) is 23.8 Å². The van der Waals surface area contributed by atoms with Gasteiger partial charge in [0, 0.05) is 30.3 Å². The molecule has 0 saturated carbocycles. The summed E-state index contributed by atoms with van der Waals surface area (Å²) >= 11 is 0. The van der Waals surface area contributed by atoms with Crippen LogP contribution in [0.2, 0.25) is 0 Å². The van der Waals surface area contributed by atoms with Crippen LogP contribution in [0.3, 0.4) is 0 Å². The van der Waals surface area contributed by atoms with Crippen LogP contribution in [0.15, 0.2) is 29.1 Å². The van der Waals surface area contributed by atoms with Crippen molar-refractivity contribution < 1.29 is 4.79 Å². The van der Waals surface area contributed by atoms with E-state index in [2.05, 4.69) is 15.0 Å². The number of nitrogens with one attached hydrogen (secondary N) is 2. The Kier molecular flexibility index (Phi) is 4.51. The van der Waals surface area contributed by atoms with Crippen LogP contribution in [-0.2, 0) is 11.2 Å². The number of fused-ring (bicyclic) bond motifs is 1. The van der Waals surface area contributed by atoms with Gasteiger partial charge in [0.2, 0.25) is 5.91 Å². The maximum Gasteiger partial charge on any atom is 0.254 e. The smallest absolute Gasteiger partial charge is 0.254 e. The number of aryl methyl sites for hydroxylation is 2. The zero-order valence-corrected chi connectivity index (χ0v) is 15.6. The van der Waals surface area contributed by atoms with Crippen molar-refractivity contribution in [3.63, 3.8) is 0 Å². The van der Waals surface area contributed by atoms with Crippen molar-refractivity contribution in [1.82, 2.24) is 24.8 Å². The van der Waals surface area contributed by atoms with Crippen molar-refractivity contribution >= 4 is 16.9 Å². The lowest BCUT2D eigenvalue weighted by molar-refractivity contribution is -0.131. The zero-order chi connectivity index (χ0) is 19.0. The highest BCUT2D eigenvalue weighted by Gasteiger charge is 2.27. The molecule has 2 aromatic heterocycles. The number of hydrogen-bond donors (Lipinski definition) is 2. The van der Waals surface area contributed by atoms with Gasteiger partial charge in [-0.3, -0.25) is 9.59 Å². The topological polar surface area (TPSA) is 94.7 Å². The number of aromatic amines is 2. The van der Waals surface area contributed by atoms with Gasteiger partial charge in [-0.1, -0.05) is 12.1 Å². The molecule has 0 radical (unpaired) electrons. The van der Waals surface area contributed by atoms with Gasteiger partial charge in [-0.2, -0.15) is 0 Å². The second-order valence-corrected chi connectivity index (χ2v) is 7.21. The van der Waals surface area contributed by atoms with Crippen molar-refractivity contribution in [2.24, 2.45) is 0 Å². The molecular weight excluding hydrogens is 342 g/mol. The summed E-state index contributed by atoms with van der Waals surface area (Å²) in [7, 11) is 0. The summed E-state index contributed by atoms with van der Waals surface area (Å²) in [5.41, 5.74) is 2.82. The van der Waals surface area contributed by atoms with Crippen LogP contribution in [0.5, 0.6) is 0 Å². The van der Waals surface area contributed by atoms with E-state index in [4.69, 9.17) is 4.98 Å². The maximum atomic E-state index is 12.8. The molecule has 27 heavy (non-hydrogen) atoms. The van der Waals surface area contributed by atoms with E-state index in [1.807, 2.05) is 29.2 Å². The van der Waals surface area contributed by atoms with Gasteiger partial charge in [-0.15, -0.1) is 0 Å². The highest BCUT2D eigenvalue weighted by Crippen LogP contribution is 2.27. The molecule has 0 unspecified atom stereocenters. The Morgan fingerprint density at radius 3 is 2.81 bits per heavy atom. The van der Waals surface area contributed by atoms with Crippen LogP contribution in [0.1, 0.15) is 41.7 Å². The average Bonchev–Trinajstić information content (AvgIpc) is 3.09. The number of likely N-dealkylation sites (tertiary alicyclic amines) is 1. The molecule has 1 aliphatic heterocycles. The van der Waals surface area contributed by atoms with Crippen molar-refractivity contribution in [2.75, 3.05) is 13.1 Å². The second kappa shape index (κ2) is 6.98. The van der Waals surface area contributed by atoms with E-state index in [0.717, 1.165) is 29.7 Å². The van der Waals surface area contributed by atoms with Gasteiger partial charge in [0.25, 0.3) is 5.56 Å². The molecule has 3 heterocycles. The fourth-order valence-electron chi connectivity index (χ4n) is 3.82. The number of piperidine rings is 1. The number of aromatic nitrogens is 4. The summed E-state index contributed by atoms with van der Waals surface area (Å²) in [6.07, 6.45) is 2.01. The number of nitrogens with zero attached hydrogens (tertiary/aromatic N) is 3. The van der Waals surface area contributed by atoms with Crippen molar-refractivity contribution in [3.8, 4) is 0 Å². The summed E-state index contributed by atoms with van der Waals surface area (Å²) in [6, 6.07) is 7.95. The summed E-state index contributed by atoms with van der Waals surface area (Å²) in [4.78, 5) is 41.9. The highest BCUT2D eigenvalue weighted by molar-refractivity contribution is 5.79. The van der Waals surface area contributed by atoms with Gasteiger partial charge in [0.05, 0.1) is 17.5 Å². The Bertz CT molecular complexity index is 1020. The monoisotopic (exact) mass is 365 g/mol. The molecule has 1 fully saturated rings. The first-order valence-electron chi connectivity index (χ1n) is 9.30. The Morgan fingerprint density at radius 2 is 2.04 bits per heavy atom. The number of rotatable bonds is 3. The number of hydrogen-bond acceptors (Lipinski definition) is 4. The fraction of sp³-hybridized carbons (Fsp3) is 0.400. The van der Waals surface area contributed by atoms with E-state index < -0.39 is 0 Å². The largest absolute Gasteiger partial charge is 0.342 e. The van der Waals surface area contributed by atoms with Gasteiger partial charge >= 0.3 is 0 Å². The number of amides is 1. The minimum Gasteiger partial charge on any atom is -0.342 e. The fourth-order valence-corrected chi connectivity index (χ4v) is 3.82. The quantitative estimate of drug-likeness (QED) is 0.744. The first-order chi connectivity index (χ1) is 13.0. The first-order valence-corrected chi connectivity index (χ1v) is 9.30. The third kappa shape index (κ3) is 3.49. The average molecular weight is 365 g/mol. The molecule has 4 rings (SSSR count). The standard InChI is InChI=1S/C20H23N5O2/c1-12-15(20(27)22-13(2)21-12)10-18(26)25-9-5-6-14(11-25)19-23-16-7-3-4-8-17(16)24-19/h3-4,7-8,14H,5-6,9-11H2,1-2H3,(H,23,24)(H,21,22,27)/t14-/m1/s1. The van der Waals surface area contributed by atoms with Gasteiger partial charge in [-0.25, -0.2) is 9.97 Å². The molecule has 1 atom stereocenters. The molecule has 0 spiro atoms. The second-order valence-electron chi connectivity index (χ2n) is 7.21. The maximum absolute atomic E-state index is 12.8. The molecule has 0 bridgehead atoms. The number of carbonyl (C=O) groups excluding carboxylic acids is 1. The number of benzene rings is 1. The predicted molar refractivity (Wildman–Crippen MR) is 103 cm³/mol. The molecule has 0 aliphatic carbocycles. The molecular formula is C20H23N5O2. The van der Waals surface area contributed by atoms with E-state index >= 15 is 0 Å². The van der Waals surface area contributed by atoms with Gasteiger partial charge in [0.15, 0.2) is 0 Å². The van der Waals surface area contributed by atoms with Gasteiger partial charge in [0.1, 0.15) is 11.6 Å². The lowest BCUT2D eigenvalue weighted by atomic mass is 9.96. The SMILES string of the molecule is Cc1nc(C)c(CC(=O)N2CCC[C@@H](c3nc4ccccc4[nH]3)C2)c(=O)[nH]1. The molecule has 1 aromatic carbocycles. The van der Waals surface area contributed by atoms with Crippen LogP contribution in [0.25, 0.3) is 11.0 Å². The molecule has 1 amide bonds. The summed E-state index contributed by atoms with van der Waals surface area (Å²) in [5.74, 6) is 1.65. The number of H-pyrrole nitrogens is 2. The zero-order valence-electron chi connectivity index (χ0n) is 15.6. The molecule has 1 aliphatic rings. The predicted octanol–water partition coefficient (Wildman–Crippen LogP) is 2.21. The van der Waals surface area contributed by atoms with Crippen molar-refractivity contribution in [3.05, 3.63) is 57.5 Å². The van der Waals surface area contributed by atoms with E-state index in [1.54, 1.807) is 13.8 Å². The number of carbonyl (C=O) groups is 1. The van der Waals surface area contributed by atoms with Crippen LogP contribution in [0, 0.1) is 13.8 Å². The van der Waals surface area contributed by atoms with Crippen LogP contribution in [-0.4, -0.2) is 43.8 Å². The lowest BCUT2D eigenvalue weighted by Gasteiger charge is -2.32.